The molecule has 0 unspecified atom stereocenters. The van der Waals surface area contributed by atoms with E-state index < -0.39 is 15.8 Å². The van der Waals surface area contributed by atoms with Gasteiger partial charge in [-0.1, -0.05) is 22.0 Å². The van der Waals surface area contributed by atoms with Crippen LogP contribution in [0.25, 0.3) is 6.08 Å². The topological polar surface area (TPSA) is 74.7 Å². The standard InChI is InChI=1S/C14H16BrNO4S/c15-12-4-2-11(3-5-14(17)18)13(10-12)16-6-1-8-21(19,20)9-7-16/h2-5,10H,1,6-9H2,(H,17,18)/b5-3+. The summed E-state index contributed by atoms with van der Waals surface area (Å²) in [6, 6.07) is 5.54. The Balaban J connectivity index is 2.33. The molecule has 0 bridgehead atoms. The molecule has 1 heterocycles. The molecule has 1 N–H and O–H groups in total. The van der Waals surface area contributed by atoms with Crippen LogP contribution in [0, 0.1) is 0 Å². The second-order valence-corrected chi connectivity index (χ2v) is 8.09. The summed E-state index contributed by atoms with van der Waals surface area (Å²) in [6.07, 6.45) is 3.20. The van der Waals surface area contributed by atoms with Crippen molar-refractivity contribution < 1.29 is 18.3 Å². The van der Waals surface area contributed by atoms with E-state index in [9.17, 15) is 13.2 Å². The first-order valence-electron chi connectivity index (χ1n) is 6.53. The van der Waals surface area contributed by atoms with Gasteiger partial charge in [-0.3, -0.25) is 0 Å². The predicted molar refractivity (Wildman–Crippen MR) is 86.3 cm³/mol. The van der Waals surface area contributed by atoms with Gasteiger partial charge in [-0.15, -0.1) is 0 Å². The second-order valence-electron chi connectivity index (χ2n) is 4.87. The van der Waals surface area contributed by atoms with Gasteiger partial charge in [-0.05, 0) is 30.2 Å². The molecular formula is C14H16BrNO4S. The highest BCUT2D eigenvalue weighted by Gasteiger charge is 2.20. The van der Waals surface area contributed by atoms with Crippen LogP contribution in [-0.2, 0) is 14.6 Å². The number of carboxylic acids is 1. The Labute approximate surface area is 132 Å². The molecule has 0 aliphatic carbocycles. The molecule has 1 aliphatic heterocycles. The fourth-order valence-corrected chi connectivity index (χ4v) is 3.89. The molecule has 1 aromatic carbocycles. The molecule has 1 saturated heterocycles. The summed E-state index contributed by atoms with van der Waals surface area (Å²) in [5.74, 6) is -0.679. The lowest BCUT2D eigenvalue weighted by molar-refractivity contribution is -0.131. The van der Waals surface area contributed by atoms with Crippen molar-refractivity contribution in [3.05, 3.63) is 34.3 Å². The molecule has 0 saturated carbocycles. The molecular weight excluding hydrogens is 358 g/mol. The van der Waals surface area contributed by atoms with E-state index in [2.05, 4.69) is 15.9 Å². The Morgan fingerprint density at radius 3 is 2.76 bits per heavy atom. The quantitative estimate of drug-likeness (QED) is 0.821. The van der Waals surface area contributed by atoms with Crippen molar-refractivity contribution in [1.82, 2.24) is 0 Å². The van der Waals surface area contributed by atoms with Gasteiger partial charge < -0.3 is 10.0 Å². The monoisotopic (exact) mass is 373 g/mol. The number of sulfone groups is 1. The number of carbonyl (C=O) groups is 1. The summed E-state index contributed by atoms with van der Waals surface area (Å²) < 4.78 is 24.2. The number of benzene rings is 1. The minimum absolute atomic E-state index is 0.127. The van der Waals surface area contributed by atoms with Crippen molar-refractivity contribution in [3.8, 4) is 0 Å². The van der Waals surface area contributed by atoms with Crippen molar-refractivity contribution in [2.75, 3.05) is 29.5 Å². The maximum absolute atomic E-state index is 11.7. The zero-order valence-corrected chi connectivity index (χ0v) is 13.7. The Hall–Kier alpha value is -1.34. The Morgan fingerprint density at radius 1 is 1.29 bits per heavy atom. The predicted octanol–water partition coefficient (Wildman–Crippen LogP) is 2.17. The summed E-state index contributed by atoms with van der Waals surface area (Å²) in [5.41, 5.74) is 1.61. The zero-order valence-electron chi connectivity index (χ0n) is 11.3. The number of carboxylic acid groups (broad SMARTS) is 1. The maximum Gasteiger partial charge on any atom is 0.328 e. The Morgan fingerprint density at radius 2 is 2.05 bits per heavy atom. The molecule has 1 aromatic rings. The SMILES string of the molecule is O=C(O)/C=C/c1ccc(Br)cc1N1CCCS(=O)(=O)CC1. The van der Waals surface area contributed by atoms with E-state index in [1.807, 2.05) is 23.1 Å². The number of hydrogen-bond donors (Lipinski definition) is 1. The van der Waals surface area contributed by atoms with E-state index in [1.165, 1.54) is 6.08 Å². The van der Waals surface area contributed by atoms with Crippen LogP contribution < -0.4 is 4.90 Å². The first-order valence-corrected chi connectivity index (χ1v) is 9.15. The smallest absolute Gasteiger partial charge is 0.328 e. The van der Waals surface area contributed by atoms with Crippen LogP contribution in [-0.4, -0.2) is 44.1 Å². The van der Waals surface area contributed by atoms with E-state index in [4.69, 9.17) is 5.11 Å². The highest BCUT2D eigenvalue weighted by Crippen LogP contribution is 2.27. The lowest BCUT2D eigenvalue weighted by Gasteiger charge is -2.24. The van der Waals surface area contributed by atoms with Crippen molar-refractivity contribution in [2.24, 2.45) is 0 Å². The van der Waals surface area contributed by atoms with Crippen molar-refractivity contribution in [2.45, 2.75) is 6.42 Å². The molecule has 7 heteroatoms. The van der Waals surface area contributed by atoms with Crippen LogP contribution in [0.1, 0.15) is 12.0 Å². The molecule has 1 aliphatic rings. The average Bonchev–Trinajstić information content (AvgIpc) is 2.58. The number of aliphatic carboxylic acids is 1. The van der Waals surface area contributed by atoms with E-state index in [-0.39, 0.29) is 11.5 Å². The van der Waals surface area contributed by atoms with Gasteiger partial charge in [0.05, 0.1) is 11.5 Å². The van der Waals surface area contributed by atoms with Crippen LogP contribution in [0.3, 0.4) is 0 Å². The number of nitrogens with zero attached hydrogens (tertiary/aromatic N) is 1. The third-order valence-corrected chi connectivity index (χ3v) is 5.50. The third-order valence-electron chi connectivity index (χ3n) is 3.29. The Kier molecular flexibility index (Phi) is 5.05. The van der Waals surface area contributed by atoms with Crippen LogP contribution >= 0.6 is 15.9 Å². The maximum atomic E-state index is 11.7. The van der Waals surface area contributed by atoms with Crippen LogP contribution in [0.5, 0.6) is 0 Å². The van der Waals surface area contributed by atoms with E-state index in [0.717, 1.165) is 21.8 Å². The van der Waals surface area contributed by atoms with Crippen LogP contribution in [0.2, 0.25) is 0 Å². The summed E-state index contributed by atoms with van der Waals surface area (Å²) >= 11 is 3.40. The highest BCUT2D eigenvalue weighted by atomic mass is 79.9. The van der Waals surface area contributed by atoms with Gasteiger partial charge in [0.25, 0.3) is 0 Å². The summed E-state index contributed by atoms with van der Waals surface area (Å²) in [4.78, 5) is 12.7. The highest BCUT2D eigenvalue weighted by molar-refractivity contribution is 9.10. The van der Waals surface area contributed by atoms with Crippen molar-refractivity contribution in [1.29, 1.82) is 0 Å². The summed E-state index contributed by atoms with van der Waals surface area (Å²) in [7, 11) is -2.97. The first-order chi connectivity index (χ1) is 9.87. The molecule has 2 rings (SSSR count). The molecule has 21 heavy (non-hydrogen) atoms. The molecule has 0 aromatic heterocycles. The molecule has 0 spiro atoms. The zero-order chi connectivity index (χ0) is 15.5. The molecule has 114 valence electrons. The number of hydrogen-bond acceptors (Lipinski definition) is 4. The average molecular weight is 374 g/mol. The minimum atomic E-state index is -2.97. The number of rotatable bonds is 3. The lowest BCUT2D eigenvalue weighted by atomic mass is 10.1. The summed E-state index contributed by atoms with van der Waals surface area (Å²) in [5, 5.41) is 8.76. The minimum Gasteiger partial charge on any atom is -0.478 e. The summed E-state index contributed by atoms with van der Waals surface area (Å²) in [6.45, 7) is 1.07. The van der Waals surface area contributed by atoms with Gasteiger partial charge in [0, 0.05) is 29.3 Å². The molecule has 1 fully saturated rings. The first kappa shape index (κ1) is 16.0. The lowest BCUT2D eigenvalue weighted by Crippen LogP contribution is -2.27. The second kappa shape index (κ2) is 6.62. The van der Waals surface area contributed by atoms with E-state index >= 15 is 0 Å². The number of halogens is 1. The molecule has 0 amide bonds. The van der Waals surface area contributed by atoms with Gasteiger partial charge in [-0.25, -0.2) is 13.2 Å². The van der Waals surface area contributed by atoms with Crippen molar-refractivity contribution in [3.63, 3.8) is 0 Å². The Bertz CT molecular complexity index is 670. The fourth-order valence-electron chi connectivity index (χ4n) is 2.27. The van der Waals surface area contributed by atoms with Gasteiger partial charge in [0.15, 0.2) is 9.84 Å². The normalized spacial score (nSPS) is 18.6. The van der Waals surface area contributed by atoms with Crippen LogP contribution in [0.15, 0.2) is 28.7 Å². The van der Waals surface area contributed by atoms with Gasteiger partial charge in [0.1, 0.15) is 0 Å². The largest absolute Gasteiger partial charge is 0.478 e. The third kappa shape index (κ3) is 4.57. The number of anilines is 1. The van der Waals surface area contributed by atoms with Crippen molar-refractivity contribution >= 4 is 43.5 Å². The van der Waals surface area contributed by atoms with Gasteiger partial charge in [0.2, 0.25) is 0 Å². The van der Waals surface area contributed by atoms with Crippen LogP contribution in [0.4, 0.5) is 5.69 Å². The van der Waals surface area contributed by atoms with Gasteiger partial charge in [-0.2, -0.15) is 0 Å². The molecule has 0 radical (unpaired) electrons. The van der Waals surface area contributed by atoms with E-state index in [0.29, 0.717) is 19.5 Å². The fraction of sp³-hybridized carbons (Fsp3) is 0.357. The van der Waals surface area contributed by atoms with E-state index in [1.54, 1.807) is 0 Å². The molecule has 5 nitrogen and oxygen atoms in total. The molecule has 0 atom stereocenters. The van der Waals surface area contributed by atoms with Gasteiger partial charge >= 0.3 is 5.97 Å².